The van der Waals surface area contributed by atoms with Crippen LogP contribution in [0.4, 0.5) is 5.69 Å². The van der Waals surface area contributed by atoms with Crippen molar-refractivity contribution in [2.24, 2.45) is 0 Å². The van der Waals surface area contributed by atoms with Gasteiger partial charge in [0.1, 0.15) is 0 Å². The first-order chi connectivity index (χ1) is 6.18. The highest BCUT2D eigenvalue weighted by Gasteiger charge is 2.18. The molecule has 0 saturated carbocycles. The second-order valence-corrected chi connectivity index (χ2v) is 4.43. The Kier molecular flexibility index (Phi) is 2.27. The van der Waals surface area contributed by atoms with Crippen molar-refractivity contribution in [1.29, 1.82) is 0 Å². The van der Waals surface area contributed by atoms with Crippen LogP contribution in [0.2, 0.25) is 0 Å². The molecule has 1 heterocycles. The second kappa shape index (κ2) is 3.29. The molecule has 0 fully saturated rings. The van der Waals surface area contributed by atoms with Gasteiger partial charge in [-0.15, -0.1) is 0 Å². The Morgan fingerprint density at radius 3 is 3.00 bits per heavy atom. The Labute approximate surface area is 90.9 Å². The van der Waals surface area contributed by atoms with E-state index in [2.05, 4.69) is 34.0 Å². The number of hydrogen-bond donors (Lipinski definition) is 1. The molecule has 1 N–H and O–H groups in total. The van der Waals surface area contributed by atoms with E-state index in [0.29, 0.717) is 6.42 Å². The van der Waals surface area contributed by atoms with E-state index in [1.807, 2.05) is 13.0 Å². The fourth-order valence-electron chi connectivity index (χ4n) is 1.58. The number of ketones is 1. The van der Waals surface area contributed by atoms with E-state index >= 15 is 0 Å². The van der Waals surface area contributed by atoms with Crippen LogP contribution in [0.15, 0.2) is 12.1 Å². The molecule has 0 spiro atoms. The zero-order valence-corrected chi connectivity index (χ0v) is 9.51. The normalized spacial score (nSPS) is 15.1. The number of anilines is 1. The van der Waals surface area contributed by atoms with Gasteiger partial charge in [-0.25, -0.2) is 0 Å². The van der Waals surface area contributed by atoms with Gasteiger partial charge >= 0.3 is 0 Å². The van der Waals surface area contributed by atoms with Crippen LogP contribution in [-0.2, 0) is 0 Å². The minimum absolute atomic E-state index is 0.260. The molecule has 0 atom stereocenters. The fraction of sp³-hybridized carbons (Fsp3) is 0.300. The predicted octanol–water partition coefficient (Wildman–Crippen LogP) is 2.60. The van der Waals surface area contributed by atoms with Crippen molar-refractivity contribution in [2.75, 3.05) is 11.9 Å². The summed E-state index contributed by atoms with van der Waals surface area (Å²) < 4.78 is 1.14. The molecule has 1 aromatic carbocycles. The van der Waals surface area contributed by atoms with Gasteiger partial charge < -0.3 is 5.32 Å². The van der Waals surface area contributed by atoms with Crippen LogP contribution in [0.25, 0.3) is 0 Å². The third-order valence-corrected chi connectivity index (χ3v) is 3.04. The summed E-state index contributed by atoms with van der Waals surface area (Å²) in [5.74, 6) is 0.260. The van der Waals surface area contributed by atoms with E-state index in [1.165, 1.54) is 0 Å². The molecule has 68 valence electrons. The standard InChI is InChI=1S/C10H10INO/c1-6-4-7-9(13)2-3-12-10(7)8(11)5-6/h4-5,12H,2-3H2,1H3. The van der Waals surface area contributed by atoms with E-state index in [1.54, 1.807) is 0 Å². The average Bonchev–Trinajstić information content (AvgIpc) is 2.07. The SMILES string of the molecule is Cc1cc(I)c2c(c1)C(=O)CCN2. The molecule has 0 unspecified atom stereocenters. The summed E-state index contributed by atoms with van der Waals surface area (Å²) in [6.07, 6.45) is 0.618. The quantitative estimate of drug-likeness (QED) is 0.743. The van der Waals surface area contributed by atoms with Crippen LogP contribution < -0.4 is 5.32 Å². The van der Waals surface area contributed by atoms with Crippen LogP contribution in [0.5, 0.6) is 0 Å². The van der Waals surface area contributed by atoms with Crippen LogP contribution in [0.3, 0.4) is 0 Å². The van der Waals surface area contributed by atoms with Gasteiger partial charge in [-0.2, -0.15) is 0 Å². The van der Waals surface area contributed by atoms with Gasteiger partial charge in [0.15, 0.2) is 5.78 Å². The highest BCUT2D eigenvalue weighted by Crippen LogP contribution is 2.28. The molecule has 1 aliphatic rings. The molecular formula is C10H10INO. The summed E-state index contributed by atoms with van der Waals surface area (Å²) >= 11 is 2.26. The highest BCUT2D eigenvalue weighted by atomic mass is 127. The number of rotatable bonds is 0. The van der Waals surface area contributed by atoms with E-state index < -0.39 is 0 Å². The fourth-order valence-corrected chi connectivity index (χ4v) is 2.55. The minimum Gasteiger partial charge on any atom is -0.383 e. The molecule has 0 amide bonds. The molecule has 2 rings (SSSR count). The summed E-state index contributed by atoms with van der Waals surface area (Å²) in [7, 11) is 0. The zero-order valence-electron chi connectivity index (χ0n) is 7.36. The summed E-state index contributed by atoms with van der Waals surface area (Å²) in [6, 6.07) is 4.05. The Morgan fingerprint density at radius 2 is 2.23 bits per heavy atom. The van der Waals surface area contributed by atoms with Crippen LogP contribution in [0.1, 0.15) is 22.3 Å². The molecule has 3 heteroatoms. The van der Waals surface area contributed by atoms with Crippen LogP contribution in [0, 0.1) is 10.5 Å². The Hall–Kier alpha value is -0.580. The smallest absolute Gasteiger partial charge is 0.166 e. The molecule has 1 aliphatic heterocycles. The third-order valence-electron chi connectivity index (χ3n) is 2.19. The van der Waals surface area contributed by atoms with Crippen molar-refractivity contribution in [1.82, 2.24) is 0 Å². The lowest BCUT2D eigenvalue weighted by molar-refractivity contribution is 0.0983. The lowest BCUT2D eigenvalue weighted by atomic mass is 10.0. The molecule has 1 aromatic rings. The van der Waals surface area contributed by atoms with E-state index in [-0.39, 0.29) is 5.78 Å². The maximum atomic E-state index is 11.5. The number of halogens is 1. The Morgan fingerprint density at radius 1 is 1.46 bits per heavy atom. The van der Waals surface area contributed by atoms with E-state index in [9.17, 15) is 4.79 Å². The monoisotopic (exact) mass is 287 g/mol. The first-order valence-corrected chi connectivity index (χ1v) is 5.33. The molecule has 13 heavy (non-hydrogen) atoms. The van der Waals surface area contributed by atoms with E-state index in [0.717, 1.165) is 26.9 Å². The maximum absolute atomic E-state index is 11.5. The van der Waals surface area contributed by atoms with Crippen LogP contribution in [-0.4, -0.2) is 12.3 Å². The van der Waals surface area contributed by atoms with Crippen molar-refractivity contribution in [2.45, 2.75) is 13.3 Å². The lowest BCUT2D eigenvalue weighted by Gasteiger charge is -2.18. The van der Waals surface area contributed by atoms with Crippen molar-refractivity contribution in [3.05, 3.63) is 26.8 Å². The second-order valence-electron chi connectivity index (χ2n) is 3.27. The van der Waals surface area contributed by atoms with Crippen molar-refractivity contribution in [3.8, 4) is 0 Å². The van der Waals surface area contributed by atoms with Gasteiger partial charge in [-0.1, -0.05) is 0 Å². The van der Waals surface area contributed by atoms with Gasteiger partial charge in [0.2, 0.25) is 0 Å². The van der Waals surface area contributed by atoms with Crippen molar-refractivity contribution in [3.63, 3.8) is 0 Å². The molecular weight excluding hydrogens is 277 g/mol. The summed E-state index contributed by atoms with van der Waals surface area (Å²) in [5.41, 5.74) is 3.03. The summed E-state index contributed by atoms with van der Waals surface area (Å²) in [4.78, 5) is 11.5. The van der Waals surface area contributed by atoms with Crippen molar-refractivity contribution < 1.29 is 4.79 Å². The molecule has 0 radical (unpaired) electrons. The predicted molar refractivity (Wildman–Crippen MR) is 61.3 cm³/mol. The minimum atomic E-state index is 0.260. The third kappa shape index (κ3) is 1.57. The highest BCUT2D eigenvalue weighted by molar-refractivity contribution is 14.1. The molecule has 0 saturated heterocycles. The largest absolute Gasteiger partial charge is 0.383 e. The lowest BCUT2D eigenvalue weighted by Crippen LogP contribution is -2.19. The van der Waals surface area contributed by atoms with Gasteiger partial charge in [-0.3, -0.25) is 4.79 Å². The Bertz CT molecular complexity index is 373. The van der Waals surface area contributed by atoms with Gasteiger partial charge in [0.25, 0.3) is 0 Å². The van der Waals surface area contributed by atoms with Gasteiger partial charge in [0, 0.05) is 22.1 Å². The molecule has 0 aromatic heterocycles. The number of fused-ring (bicyclic) bond motifs is 1. The zero-order chi connectivity index (χ0) is 9.42. The Balaban J connectivity index is 2.63. The number of Topliss-reactive ketones (excluding diaryl/α,β-unsaturated/α-hetero) is 1. The number of aryl methyl sites for hydroxylation is 1. The number of hydrogen-bond acceptors (Lipinski definition) is 2. The van der Waals surface area contributed by atoms with Gasteiger partial charge in [0.05, 0.1) is 5.69 Å². The van der Waals surface area contributed by atoms with Crippen molar-refractivity contribution >= 4 is 34.1 Å². The molecule has 0 bridgehead atoms. The summed E-state index contributed by atoms with van der Waals surface area (Å²) in [6.45, 7) is 2.79. The number of nitrogens with one attached hydrogen (secondary N) is 1. The number of carbonyl (C=O) groups excluding carboxylic acids is 1. The number of benzene rings is 1. The average molecular weight is 287 g/mol. The molecule has 0 aliphatic carbocycles. The van der Waals surface area contributed by atoms with E-state index in [4.69, 9.17) is 0 Å². The van der Waals surface area contributed by atoms with Crippen LogP contribution >= 0.6 is 22.6 Å². The summed E-state index contributed by atoms with van der Waals surface area (Å²) in [5, 5.41) is 3.26. The first kappa shape index (κ1) is 8.99. The maximum Gasteiger partial charge on any atom is 0.166 e. The molecule has 2 nitrogen and oxygen atoms in total. The number of carbonyl (C=O) groups is 1. The van der Waals surface area contributed by atoms with Gasteiger partial charge in [-0.05, 0) is 47.2 Å². The topological polar surface area (TPSA) is 29.1 Å². The first-order valence-electron chi connectivity index (χ1n) is 4.25.